The fourth-order valence-corrected chi connectivity index (χ4v) is 4.15. The van der Waals surface area contributed by atoms with Crippen molar-refractivity contribution in [3.05, 3.63) is 29.8 Å². The second-order valence-electron chi connectivity index (χ2n) is 7.67. The van der Waals surface area contributed by atoms with E-state index >= 15 is 0 Å². The summed E-state index contributed by atoms with van der Waals surface area (Å²) in [5.74, 6) is -0.570. The predicted octanol–water partition coefficient (Wildman–Crippen LogP) is 3.56. The Bertz CT molecular complexity index is 708. The summed E-state index contributed by atoms with van der Waals surface area (Å²) in [5.41, 5.74) is 1.18. The van der Waals surface area contributed by atoms with Crippen LogP contribution in [0.4, 0.5) is 10.5 Å². The molecular formula is C21H29N3O3. The number of hydrogen-bond acceptors (Lipinski definition) is 3. The van der Waals surface area contributed by atoms with Gasteiger partial charge in [0.05, 0.1) is 0 Å². The third kappa shape index (κ3) is 3.84. The molecule has 0 bridgehead atoms. The number of hydrogen-bond donors (Lipinski definition) is 1. The number of nitrogens with one attached hydrogen (secondary N) is 1. The van der Waals surface area contributed by atoms with E-state index in [4.69, 9.17) is 0 Å². The molecule has 3 rings (SSSR count). The number of aryl methyl sites for hydroxylation is 1. The summed E-state index contributed by atoms with van der Waals surface area (Å²) >= 11 is 0. The number of benzene rings is 1. The van der Waals surface area contributed by atoms with Crippen LogP contribution in [0, 0.1) is 0 Å². The second-order valence-corrected chi connectivity index (χ2v) is 7.67. The molecule has 1 N–H and O–H groups in total. The fraction of sp³-hybridized carbons (Fsp3) is 0.571. The third-order valence-corrected chi connectivity index (χ3v) is 5.84. The molecule has 2 fully saturated rings. The van der Waals surface area contributed by atoms with E-state index in [0.717, 1.165) is 43.4 Å². The van der Waals surface area contributed by atoms with E-state index in [1.165, 1.54) is 5.56 Å². The highest BCUT2D eigenvalue weighted by atomic mass is 16.2. The molecular weight excluding hydrogens is 342 g/mol. The average molecular weight is 371 g/mol. The number of likely N-dealkylation sites (N-methyl/N-ethyl adjacent to an activating group) is 1. The molecule has 1 heterocycles. The number of nitrogens with zero attached hydrogens (tertiary/aromatic N) is 2. The molecule has 1 saturated carbocycles. The Labute approximate surface area is 160 Å². The van der Waals surface area contributed by atoms with E-state index in [0.29, 0.717) is 18.5 Å². The number of urea groups is 1. The molecule has 0 aromatic heterocycles. The quantitative estimate of drug-likeness (QED) is 0.777. The van der Waals surface area contributed by atoms with Crippen LogP contribution >= 0.6 is 0 Å². The topological polar surface area (TPSA) is 69.7 Å². The molecule has 6 nitrogen and oxygen atoms in total. The number of anilines is 1. The number of unbranched alkanes of at least 4 members (excludes halogenated alkanes) is 1. The molecule has 1 spiro atoms. The van der Waals surface area contributed by atoms with Crippen LogP contribution in [-0.4, -0.2) is 46.8 Å². The van der Waals surface area contributed by atoms with E-state index in [-0.39, 0.29) is 24.4 Å². The molecule has 1 aliphatic heterocycles. The number of carbonyl (C=O) groups excluding carboxylic acids is 3. The van der Waals surface area contributed by atoms with Gasteiger partial charge in [0.25, 0.3) is 5.91 Å². The summed E-state index contributed by atoms with van der Waals surface area (Å²) in [5, 5.41) is 2.80. The first-order valence-corrected chi connectivity index (χ1v) is 9.96. The molecule has 2 aliphatic rings. The van der Waals surface area contributed by atoms with Gasteiger partial charge in [0.15, 0.2) is 0 Å². The van der Waals surface area contributed by atoms with Gasteiger partial charge in [0, 0.05) is 12.7 Å². The Hall–Kier alpha value is -2.37. The first-order chi connectivity index (χ1) is 13.0. The van der Waals surface area contributed by atoms with E-state index in [9.17, 15) is 14.4 Å². The highest BCUT2D eigenvalue weighted by Gasteiger charge is 2.55. The van der Waals surface area contributed by atoms with E-state index in [1.54, 1.807) is 11.9 Å². The van der Waals surface area contributed by atoms with Gasteiger partial charge in [-0.25, -0.2) is 4.79 Å². The maximum absolute atomic E-state index is 12.9. The van der Waals surface area contributed by atoms with Crippen molar-refractivity contribution in [1.82, 2.24) is 9.80 Å². The van der Waals surface area contributed by atoms with Crippen molar-refractivity contribution >= 4 is 23.5 Å². The van der Waals surface area contributed by atoms with Crippen LogP contribution in [0.1, 0.15) is 57.4 Å². The van der Waals surface area contributed by atoms with Gasteiger partial charge in [0.1, 0.15) is 12.1 Å². The van der Waals surface area contributed by atoms with Gasteiger partial charge in [-0.3, -0.25) is 14.5 Å². The number of amides is 4. The first kappa shape index (κ1) is 19.4. The van der Waals surface area contributed by atoms with E-state index in [1.807, 2.05) is 24.3 Å². The van der Waals surface area contributed by atoms with Gasteiger partial charge in [-0.05, 0) is 43.4 Å². The van der Waals surface area contributed by atoms with Crippen LogP contribution in [0.3, 0.4) is 0 Å². The van der Waals surface area contributed by atoms with E-state index < -0.39 is 5.54 Å². The predicted molar refractivity (Wildman–Crippen MR) is 104 cm³/mol. The fourth-order valence-electron chi connectivity index (χ4n) is 4.15. The van der Waals surface area contributed by atoms with Crippen LogP contribution in [-0.2, 0) is 16.0 Å². The van der Waals surface area contributed by atoms with Crippen molar-refractivity contribution in [1.29, 1.82) is 0 Å². The molecule has 1 aliphatic carbocycles. The molecule has 146 valence electrons. The lowest BCUT2D eigenvalue weighted by atomic mass is 9.81. The van der Waals surface area contributed by atoms with Gasteiger partial charge in [-0.15, -0.1) is 0 Å². The van der Waals surface area contributed by atoms with Crippen LogP contribution in [0.2, 0.25) is 0 Å². The molecule has 1 saturated heterocycles. The zero-order valence-corrected chi connectivity index (χ0v) is 16.3. The number of imide groups is 1. The summed E-state index contributed by atoms with van der Waals surface area (Å²) in [6, 6.07) is 7.37. The zero-order chi connectivity index (χ0) is 19.4. The second kappa shape index (κ2) is 8.11. The van der Waals surface area contributed by atoms with Crippen molar-refractivity contribution in [3.63, 3.8) is 0 Å². The lowest BCUT2D eigenvalue weighted by Crippen LogP contribution is -2.49. The molecule has 27 heavy (non-hydrogen) atoms. The molecule has 0 atom stereocenters. The molecule has 1 aromatic rings. The lowest BCUT2D eigenvalue weighted by Gasteiger charge is -2.35. The van der Waals surface area contributed by atoms with Gasteiger partial charge >= 0.3 is 6.03 Å². The number of rotatable bonds is 6. The smallest absolute Gasteiger partial charge is 0.325 e. The Morgan fingerprint density at radius 3 is 2.41 bits per heavy atom. The SMILES string of the molecule is CCCCc1ccc(NC(=O)CN2C(=O)N(C)C3(CCCCC3)C2=O)cc1. The van der Waals surface area contributed by atoms with Crippen LogP contribution < -0.4 is 5.32 Å². The standard InChI is InChI=1S/C21H29N3O3/c1-3-4-8-16-9-11-17(12-10-16)22-18(25)15-24-19(26)21(23(2)20(24)27)13-6-5-7-14-21/h9-12H,3-8,13-15H2,1-2H3,(H,22,25). The normalized spacial score (nSPS) is 19.0. The summed E-state index contributed by atoms with van der Waals surface area (Å²) in [6.45, 7) is 1.92. The monoisotopic (exact) mass is 371 g/mol. The minimum Gasteiger partial charge on any atom is -0.325 e. The molecule has 4 amide bonds. The lowest BCUT2D eigenvalue weighted by molar-refractivity contribution is -0.136. The van der Waals surface area contributed by atoms with Gasteiger partial charge in [0.2, 0.25) is 5.91 Å². The van der Waals surface area contributed by atoms with Crippen molar-refractivity contribution in [3.8, 4) is 0 Å². The van der Waals surface area contributed by atoms with Crippen molar-refractivity contribution < 1.29 is 14.4 Å². The summed E-state index contributed by atoms with van der Waals surface area (Å²) in [6.07, 6.45) is 7.65. The van der Waals surface area contributed by atoms with Crippen LogP contribution in [0.25, 0.3) is 0 Å². The summed E-state index contributed by atoms with van der Waals surface area (Å²) < 4.78 is 0. The number of carbonyl (C=O) groups is 3. The summed E-state index contributed by atoms with van der Waals surface area (Å²) in [7, 11) is 1.68. The average Bonchev–Trinajstić information content (AvgIpc) is 2.84. The van der Waals surface area contributed by atoms with Crippen molar-refractivity contribution in [2.24, 2.45) is 0 Å². The van der Waals surface area contributed by atoms with Crippen LogP contribution in [0.5, 0.6) is 0 Å². The largest absolute Gasteiger partial charge is 0.327 e. The molecule has 0 radical (unpaired) electrons. The van der Waals surface area contributed by atoms with Crippen molar-refractivity contribution in [2.45, 2.75) is 63.8 Å². The van der Waals surface area contributed by atoms with Gasteiger partial charge < -0.3 is 10.2 Å². The first-order valence-electron chi connectivity index (χ1n) is 9.96. The van der Waals surface area contributed by atoms with Crippen LogP contribution in [0.15, 0.2) is 24.3 Å². The van der Waals surface area contributed by atoms with Gasteiger partial charge in [-0.2, -0.15) is 0 Å². The Balaban J connectivity index is 1.62. The Kier molecular flexibility index (Phi) is 5.82. The minimum atomic E-state index is -0.740. The maximum atomic E-state index is 12.9. The molecule has 6 heteroatoms. The minimum absolute atomic E-state index is 0.222. The Morgan fingerprint density at radius 2 is 1.78 bits per heavy atom. The molecule has 0 unspecified atom stereocenters. The zero-order valence-electron chi connectivity index (χ0n) is 16.3. The maximum Gasteiger partial charge on any atom is 0.327 e. The highest BCUT2D eigenvalue weighted by molar-refractivity contribution is 6.10. The van der Waals surface area contributed by atoms with Crippen molar-refractivity contribution in [2.75, 3.05) is 18.9 Å². The molecule has 1 aromatic carbocycles. The van der Waals surface area contributed by atoms with Gasteiger partial charge in [-0.1, -0.05) is 44.7 Å². The Morgan fingerprint density at radius 1 is 1.11 bits per heavy atom. The van der Waals surface area contributed by atoms with E-state index in [2.05, 4.69) is 12.2 Å². The summed E-state index contributed by atoms with van der Waals surface area (Å²) in [4.78, 5) is 40.6. The highest BCUT2D eigenvalue weighted by Crippen LogP contribution is 2.39. The third-order valence-electron chi connectivity index (χ3n) is 5.84.